The molecule has 1 N–H and O–H groups in total. The highest BCUT2D eigenvalue weighted by Gasteiger charge is 2.22. The van der Waals surface area contributed by atoms with Gasteiger partial charge in [-0.05, 0) is 37.7 Å². The van der Waals surface area contributed by atoms with E-state index in [0.717, 1.165) is 12.8 Å². The summed E-state index contributed by atoms with van der Waals surface area (Å²) in [5.74, 6) is 0.844. The van der Waals surface area contributed by atoms with Crippen LogP contribution in [0.15, 0.2) is 24.3 Å². The molecule has 1 aliphatic carbocycles. The third-order valence-corrected chi connectivity index (χ3v) is 4.22. The maximum atomic E-state index is 12.0. The van der Waals surface area contributed by atoms with Gasteiger partial charge in [0, 0.05) is 12.5 Å². The number of carbonyl (C=O) groups is 1. The van der Waals surface area contributed by atoms with Crippen LogP contribution in [-0.2, 0) is 11.2 Å². The molecule has 0 heterocycles. The number of hydrogen-bond acceptors (Lipinski definition) is 1. The molecule has 2 atom stereocenters. The van der Waals surface area contributed by atoms with Crippen LogP contribution in [0.25, 0.3) is 0 Å². The first-order valence-electron chi connectivity index (χ1n) is 7.50. The van der Waals surface area contributed by atoms with Crippen molar-refractivity contribution >= 4 is 5.91 Å². The first-order chi connectivity index (χ1) is 9.15. The van der Waals surface area contributed by atoms with Crippen LogP contribution in [0.2, 0.25) is 0 Å². The summed E-state index contributed by atoms with van der Waals surface area (Å²) < 4.78 is 0. The van der Waals surface area contributed by atoms with Crippen LogP contribution in [0.1, 0.15) is 50.2 Å². The minimum Gasteiger partial charge on any atom is -0.353 e. The summed E-state index contributed by atoms with van der Waals surface area (Å²) in [6, 6.07) is 8.85. The summed E-state index contributed by atoms with van der Waals surface area (Å²) in [6.45, 7) is 4.34. The largest absolute Gasteiger partial charge is 0.353 e. The molecule has 0 spiro atoms. The molecular weight excluding hydrogens is 234 g/mol. The third-order valence-electron chi connectivity index (χ3n) is 4.22. The lowest BCUT2D eigenvalue weighted by Crippen LogP contribution is -2.41. The van der Waals surface area contributed by atoms with Gasteiger partial charge in [0.05, 0.1) is 0 Å². The van der Waals surface area contributed by atoms with Crippen LogP contribution in [0.5, 0.6) is 0 Å². The van der Waals surface area contributed by atoms with Crippen LogP contribution < -0.4 is 5.32 Å². The molecule has 0 aromatic heterocycles. The summed E-state index contributed by atoms with van der Waals surface area (Å²) in [5.41, 5.74) is 2.52. The second-order valence-electron chi connectivity index (χ2n) is 5.92. The van der Waals surface area contributed by atoms with E-state index < -0.39 is 0 Å². The molecule has 0 saturated heterocycles. The van der Waals surface area contributed by atoms with E-state index in [1.807, 2.05) is 0 Å². The fraction of sp³-hybridized carbons (Fsp3) is 0.588. The average Bonchev–Trinajstić information content (AvgIpc) is 2.41. The van der Waals surface area contributed by atoms with Crippen LogP contribution in [0.4, 0.5) is 0 Å². The molecular formula is C17H25NO. The molecule has 2 heteroatoms. The van der Waals surface area contributed by atoms with E-state index in [1.165, 1.54) is 30.4 Å². The molecule has 19 heavy (non-hydrogen) atoms. The average molecular weight is 259 g/mol. The van der Waals surface area contributed by atoms with E-state index in [2.05, 4.69) is 43.4 Å². The maximum Gasteiger partial charge on any atom is 0.220 e. The lowest BCUT2D eigenvalue weighted by atomic mass is 9.86. The molecule has 2 nitrogen and oxygen atoms in total. The number of rotatable bonds is 4. The number of nitrogens with one attached hydrogen (secondary N) is 1. The van der Waals surface area contributed by atoms with E-state index in [0.29, 0.717) is 18.4 Å². The third kappa shape index (κ3) is 4.38. The van der Waals surface area contributed by atoms with Gasteiger partial charge < -0.3 is 5.32 Å². The Kier molecular flexibility index (Phi) is 5.00. The Balaban J connectivity index is 1.76. The van der Waals surface area contributed by atoms with Gasteiger partial charge in [0.15, 0.2) is 0 Å². The van der Waals surface area contributed by atoms with E-state index >= 15 is 0 Å². The summed E-state index contributed by atoms with van der Waals surface area (Å²) in [7, 11) is 0. The zero-order chi connectivity index (χ0) is 13.7. The Bertz CT molecular complexity index is 410. The fourth-order valence-corrected chi connectivity index (χ4v) is 2.82. The normalized spacial score (nSPS) is 23.1. The molecule has 0 aliphatic heterocycles. The van der Waals surface area contributed by atoms with Crippen molar-refractivity contribution in [2.45, 2.75) is 58.4 Å². The van der Waals surface area contributed by atoms with E-state index in [1.54, 1.807) is 0 Å². The van der Waals surface area contributed by atoms with Gasteiger partial charge in [0.2, 0.25) is 5.91 Å². The Labute approximate surface area is 116 Å². The van der Waals surface area contributed by atoms with Crippen molar-refractivity contribution in [3.63, 3.8) is 0 Å². The van der Waals surface area contributed by atoms with Gasteiger partial charge in [0.1, 0.15) is 0 Å². The Morgan fingerprint density at radius 2 is 1.89 bits per heavy atom. The summed E-state index contributed by atoms with van der Waals surface area (Å²) in [6.07, 6.45) is 6.42. The smallest absolute Gasteiger partial charge is 0.220 e. The highest BCUT2D eigenvalue weighted by Crippen LogP contribution is 2.23. The van der Waals surface area contributed by atoms with Gasteiger partial charge in [-0.3, -0.25) is 4.79 Å². The molecule has 2 unspecified atom stereocenters. The van der Waals surface area contributed by atoms with E-state index in [9.17, 15) is 4.79 Å². The quantitative estimate of drug-likeness (QED) is 0.879. The Morgan fingerprint density at radius 1 is 1.21 bits per heavy atom. The summed E-state index contributed by atoms with van der Waals surface area (Å²) >= 11 is 0. The lowest BCUT2D eigenvalue weighted by molar-refractivity contribution is -0.122. The molecule has 1 amide bonds. The van der Waals surface area contributed by atoms with Crippen LogP contribution in [0, 0.1) is 12.8 Å². The molecule has 1 fully saturated rings. The first-order valence-corrected chi connectivity index (χ1v) is 7.50. The van der Waals surface area contributed by atoms with Crippen LogP contribution in [-0.4, -0.2) is 11.9 Å². The molecule has 104 valence electrons. The second-order valence-corrected chi connectivity index (χ2v) is 5.92. The Morgan fingerprint density at radius 3 is 2.58 bits per heavy atom. The minimum atomic E-state index is 0.208. The number of amides is 1. The summed E-state index contributed by atoms with van der Waals surface area (Å²) in [5, 5.41) is 3.21. The van der Waals surface area contributed by atoms with Crippen molar-refractivity contribution < 1.29 is 4.79 Å². The minimum absolute atomic E-state index is 0.208. The predicted molar refractivity (Wildman–Crippen MR) is 79.1 cm³/mol. The van der Waals surface area contributed by atoms with Crippen molar-refractivity contribution in [2.75, 3.05) is 0 Å². The summed E-state index contributed by atoms with van der Waals surface area (Å²) in [4.78, 5) is 12.0. The lowest BCUT2D eigenvalue weighted by Gasteiger charge is -2.29. The van der Waals surface area contributed by atoms with Gasteiger partial charge in [-0.15, -0.1) is 0 Å². The van der Waals surface area contributed by atoms with Crippen LogP contribution in [0.3, 0.4) is 0 Å². The molecule has 2 rings (SSSR count). The second kappa shape index (κ2) is 6.74. The van der Waals surface area contributed by atoms with Crippen molar-refractivity contribution in [3.05, 3.63) is 35.4 Å². The number of hydrogen-bond donors (Lipinski definition) is 1. The van der Waals surface area contributed by atoms with Crippen molar-refractivity contribution in [3.8, 4) is 0 Å². The number of carbonyl (C=O) groups excluding carboxylic acids is 1. The standard InChI is InChI=1S/C17H25NO/c1-13-7-9-15(10-8-13)11-12-17(19)18-16-6-4-3-5-14(16)2/h7-10,14,16H,3-6,11-12H2,1-2H3,(H,18,19). The van der Waals surface area contributed by atoms with E-state index in [4.69, 9.17) is 0 Å². The molecule has 1 saturated carbocycles. The van der Waals surface area contributed by atoms with Gasteiger partial charge >= 0.3 is 0 Å². The zero-order valence-corrected chi connectivity index (χ0v) is 12.1. The van der Waals surface area contributed by atoms with E-state index in [-0.39, 0.29) is 5.91 Å². The van der Waals surface area contributed by atoms with Crippen molar-refractivity contribution in [2.24, 2.45) is 5.92 Å². The number of benzene rings is 1. The van der Waals surface area contributed by atoms with Crippen molar-refractivity contribution in [1.29, 1.82) is 0 Å². The first kappa shape index (κ1) is 14.1. The molecule has 1 aromatic rings. The topological polar surface area (TPSA) is 29.1 Å². The van der Waals surface area contributed by atoms with Gasteiger partial charge in [-0.2, -0.15) is 0 Å². The van der Waals surface area contributed by atoms with Gasteiger partial charge in [-0.25, -0.2) is 0 Å². The maximum absolute atomic E-state index is 12.0. The molecule has 1 aliphatic rings. The zero-order valence-electron chi connectivity index (χ0n) is 12.1. The molecule has 0 radical (unpaired) electrons. The molecule has 1 aromatic carbocycles. The van der Waals surface area contributed by atoms with Gasteiger partial charge in [0.25, 0.3) is 0 Å². The fourth-order valence-electron chi connectivity index (χ4n) is 2.82. The SMILES string of the molecule is Cc1ccc(CCC(=O)NC2CCCCC2C)cc1. The Hall–Kier alpha value is -1.31. The monoisotopic (exact) mass is 259 g/mol. The molecule has 0 bridgehead atoms. The van der Waals surface area contributed by atoms with Gasteiger partial charge in [-0.1, -0.05) is 49.6 Å². The predicted octanol–water partition coefficient (Wildman–Crippen LogP) is 3.62. The highest BCUT2D eigenvalue weighted by atomic mass is 16.1. The van der Waals surface area contributed by atoms with Crippen molar-refractivity contribution in [1.82, 2.24) is 5.32 Å². The van der Waals surface area contributed by atoms with Crippen LogP contribution >= 0.6 is 0 Å². The number of aryl methyl sites for hydroxylation is 2. The highest BCUT2D eigenvalue weighted by molar-refractivity contribution is 5.76.